The number of benzene rings is 1. The van der Waals surface area contributed by atoms with Crippen molar-refractivity contribution in [1.82, 2.24) is 5.32 Å². The zero-order valence-electron chi connectivity index (χ0n) is 10.5. The fourth-order valence-corrected chi connectivity index (χ4v) is 1.59. The zero-order valence-corrected chi connectivity index (χ0v) is 10.5. The van der Waals surface area contributed by atoms with Crippen LogP contribution in [0.4, 0.5) is 0 Å². The standard InChI is InChI=1S/C13H21NO3/c1-11-9-12(3-4-13(11)16-2)10-14-5-7-17-8-6-15/h3-4,9,14-15H,5-8,10H2,1-2H3. The molecule has 4 nitrogen and oxygen atoms in total. The molecule has 96 valence electrons. The van der Waals surface area contributed by atoms with Gasteiger partial charge in [-0.15, -0.1) is 0 Å². The van der Waals surface area contributed by atoms with Gasteiger partial charge in [0.1, 0.15) is 5.75 Å². The van der Waals surface area contributed by atoms with Crippen LogP contribution in [-0.2, 0) is 11.3 Å². The smallest absolute Gasteiger partial charge is 0.121 e. The predicted octanol–water partition coefficient (Wildman–Crippen LogP) is 1.10. The number of nitrogens with one attached hydrogen (secondary N) is 1. The van der Waals surface area contributed by atoms with E-state index in [0.29, 0.717) is 13.2 Å². The molecule has 0 saturated heterocycles. The average Bonchev–Trinajstić information content (AvgIpc) is 2.34. The lowest BCUT2D eigenvalue weighted by atomic mass is 10.1. The minimum absolute atomic E-state index is 0.0810. The molecule has 0 radical (unpaired) electrons. The third kappa shape index (κ3) is 5.17. The normalized spacial score (nSPS) is 10.5. The second-order valence-electron chi connectivity index (χ2n) is 3.82. The summed E-state index contributed by atoms with van der Waals surface area (Å²) in [6.07, 6.45) is 0. The lowest BCUT2D eigenvalue weighted by molar-refractivity contribution is 0.0938. The van der Waals surface area contributed by atoms with Crippen LogP contribution in [-0.4, -0.2) is 38.6 Å². The summed E-state index contributed by atoms with van der Waals surface area (Å²) in [4.78, 5) is 0. The fourth-order valence-electron chi connectivity index (χ4n) is 1.59. The Hall–Kier alpha value is -1.10. The molecule has 1 rings (SSSR count). The number of aliphatic hydroxyl groups is 1. The van der Waals surface area contributed by atoms with E-state index in [-0.39, 0.29) is 6.61 Å². The van der Waals surface area contributed by atoms with Crippen molar-refractivity contribution in [2.75, 3.05) is 33.5 Å². The van der Waals surface area contributed by atoms with E-state index < -0.39 is 0 Å². The Balaban J connectivity index is 2.25. The molecule has 0 aliphatic carbocycles. The van der Waals surface area contributed by atoms with E-state index in [9.17, 15) is 0 Å². The molecule has 0 amide bonds. The summed E-state index contributed by atoms with van der Waals surface area (Å²) in [5, 5.41) is 11.8. The minimum Gasteiger partial charge on any atom is -0.496 e. The van der Waals surface area contributed by atoms with Gasteiger partial charge in [0.2, 0.25) is 0 Å². The van der Waals surface area contributed by atoms with Gasteiger partial charge in [-0.25, -0.2) is 0 Å². The van der Waals surface area contributed by atoms with Crippen LogP contribution in [0.25, 0.3) is 0 Å². The van der Waals surface area contributed by atoms with E-state index in [1.165, 1.54) is 5.56 Å². The molecular formula is C13H21NO3. The molecule has 1 aromatic rings. The monoisotopic (exact) mass is 239 g/mol. The summed E-state index contributed by atoms with van der Waals surface area (Å²) < 4.78 is 10.4. The van der Waals surface area contributed by atoms with Crippen molar-refractivity contribution < 1.29 is 14.6 Å². The maximum absolute atomic E-state index is 8.52. The summed E-state index contributed by atoms with van der Waals surface area (Å²) in [7, 11) is 1.68. The Morgan fingerprint density at radius 3 is 2.76 bits per heavy atom. The molecule has 0 saturated carbocycles. The van der Waals surface area contributed by atoms with Crippen molar-refractivity contribution in [3.05, 3.63) is 29.3 Å². The maximum Gasteiger partial charge on any atom is 0.121 e. The van der Waals surface area contributed by atoms with Crippen LogP contribution in [0.15, 0.2) is 18.2 Å². The SMILES string of the molecule is COc1ccc(CNCCOCCO)cc1C. The van der Waals surface area contributed by atoms with Gasteiger partial charge >= 0.3 is 0 Å². The van der Waals surface area contributed by atoms with Gasteiger partial charge in [0.15, 0.2) is 0 Å². The van der Waals surface area contributed by atoms with Crippen molar-refractivity contribution in [2.24, 2.45) is 0 Å². The second-order valence-corrected chi connectivity index (χ2v) is 3.82. The molecule has 0 bridgehead atoms. The molecule has 17 heavy (non-hydrogen) atoms. The second kappa shape index (κ2) is 8.06. The highest BCUT2D eigenvalue weighted by atomic mass is 16.5. The van der Waals surface area contributed by atoms with Crippen LogP contribution in [0.1, 0.15) is 11.1 Å². The highest BCUT2D eigenvalue weighted by Gasteiger charge is 1.99. The molecule has 0 spiro atoms. The molecular weight excluding hydrogens is 218 g/mol. The Morgan fingerprint density at radius 1 is 1.29 bits per heavy atom. The van der Waals surface area contributed by atoms with Gasteiger partial charge in [-0.1, -0.05) is 12.1 Å². The average molecular weight is 239 g/mol. The molecule has 0 atom stereocenters. The minimum atomic E-state index is 0.0810. The highest BCUT2D eigenvalue weighted by molar-refractivity contribution is 5.36. The van der Waals surface area contributed by atoms with E-state index in [1.807, 2.05) is 19.1 Å². The van der Waals surface area contributed by atoms with Gasteiger partial charge in [-0.05, 0) is 24.1 Å². The molecule has 0 unspecified atom stereocenters. The molecule has 0 aromatic heterocycles. The third-order valence-corrected chi connectivity index (χ3v) is 2.45. The Morgan fingerprint density at radius 2 is 2.12 bits per heavy atom. The summed E-state index contributed by atoms with van der Waals surface area (Å²) >= 11 is 0. The first kappa shape index (κ1) is 14.0. The van der Waals surface area contributed by atoms with Crippen LogP contribution >= 0.6 is 0 Å². The van der Waals surface area contributed by atoms with Gasteiger partial charge in [0, 0.05) is 13.1 Å². The number of hydrogen-bond acceptors (Lipinski definition) is 4. The number of aliphatic hydroxyl groups excluding tert-OH is 1. The van der Waals surface area contributed by atoms with Crippen LogP contribution in [0.2, 0.25) is 0 Å². The third-order valence-electron chi connectivity index (χ3n) is 2.45. The van der Waals surface area contributed by atoms with Gasteiger partial charge in [0.05, 0.1) is 26.9 Å². The predicted molar refractivity (Wildman–Crippen MR) is 67.3 cm³/mol. The van der Waals surface area contributed by atoms with Gasteiger partial charge in [-0.2, -0.15) is 0 Å². The number of ether oxygens (including phenoxy) is 2. The van der Waals surface area contributed by atoms with Crippen LogP contribution in [0, 0.1) is 6.92 Å². The molecule has 0 heterocycles. The first-order valence-electron chi connectivity index (χ1n) is 5.80. The molecule has 0 fully saturated rings. The van der Waals surface area contributed by atoms with E-state index in [4.69, 9.17) is 14.6 Å². The van der Waals surface area contributed by atoms with Crippen molar-refractivity contribution in [3.63, 3.8) is 0 Å². The lowest BCUT2D eigenvalue weighted by Crippen LogP contribution is -2.20. The number of hydrogen-bond donors (Lipinski definition) is 2. The Bertz CT molecular complexity index is 328. The largest absolute Gasteiger partial charge is 0.496 e. The van der Waals surface area contributed by atoms with E-state index in [2.05, 4.69) is 11.4 Å². The summed E-state index contributed by atoms with van der Waals surface area (Å²) in [5.74, 6) is 0.917. The van der Waals surface area contributed by atoms with E-state index in [1.54, 1.807) is 7.11 Å². The first-order valence-corrected chi connectivity index (χ1v) is 5.80. The first-order chi connectivity index (χ1) is 8.27. The van der Waals surface area contributed by atoms with Crippen molar-refractivity contribution >= 4 is 0 Å². The fraction of sp³-hybridized carbons (Fsp3) is 0.538. The summed E-state index contributed by atoms with van der Waals surface area (Å²) in [5.41, 5.74) is 2.37. The quantitative estimate of drug-likeness (QED) is 0.667. The molecule has 0 aliphatic rings. The summed E-state index contributed by atoms with van der Waals surface area (Å²) in [6, 6.07) is 6.14. The highest BCUT2D eigenvalue weighted by Crippen LogP contribution is 2.18. The molecule has 2 N–H and O–H groups in total. The zero-order chi connectivity index (χ0) is 12.5. The summed E-state index contributed by atoms with van der Waals surface area (Å²) in [6.45, 7) is 4.74. The topological polar surface area (TPSA) is 50.7 Å². The van der Waals surface area contributed by atoms with Crippen LogP contribution in [0.5, 0.6) is 5.75 Å². The van der Waals surface area contributed by atoms with E-state index in [0.717, 1.165) is 24.4 Å². The Labute approximate surface area is 103 Å². The molecule has 1 aromatic carbocycles. The van der Waals surface area contributed by atoms with Crippen molar-refractivity contribution in [2.45, 2.75) is 13.5 Å². The maximum atomic E-state index is 8.52. The molecule has 4 heteroatoms. The van der Waals surface area contributed by atoms with Crippen LogP contribution in [0.3, 0.4) is 0 Å². The Kier molecular flexibility index (Phi) is 6.62. The van der Waals surface area contributed by atoms with Crippen molar-refractivity contribution in [3.8, 4) is 5.75 Å². The van der Waals surface area contributed by atoms with Crippen molar-refractivity contribution in [1.29, 1.82) is 0 Å². The number of methoxy groups -OCH3 is 1. The van der Waals surface area contributed by atoms with Gasteiger partial charge < -0.3 is 19.9 Å². The lowest BCUT2D eigenvalue weighted by Gasteiger charge is -2.08. The van der Waals surface area contributed by atoms with Gasteiger partial charge in [0.25, 0.3) is 0 Å². The molecule has 0 aliphatic heterocycles. The van der Waals surface area contributed by atoms with E-state index >= 15 is 0 Å². The van der Waals surface area contributed by atoms with Gasteiger partial charge in [-0.3, -0.25) is 0 Å². The number of rotatable bonds is 8. The van der Waals surface area contributed by atoms with Crippen LogP contribution < -0.4 is 10.1 Å². The number of aryl methyl sites for hydroxylation is 1.